The minimum absolute atomic E-state index is 0.0321. The van der Waals surface area contributed by atoms with Crippen molar-refractivity contribution in [2.45, 2.75) is 12.5 Å². The molecule has 0 aromatic carbocycles. The highest BCUT2D eigenvalue weighted by molar-refractivity contribution is 7.18. The lowest BCUT2D eigenvalue weighted by Crippen LogP contribution is -2.35. The van der Waals surface area contributed by atoms with Gasteiger partial charge in [0, 0.05) is 18.7 Å². The van der Waals surface area contributed by atoms with Crippen LogP contribution < -0.4 is 10.6 Å². The lowest BCUT2D eigenvalue weighted by atomic mass is 10.2. The van der Waals surface area contributed by atoms with Crippen molar-refractivity contribution >= 4 is 34.5 Å². The van der Waals surface area contributed by atoms with Crippen LogP contribution in [0, 0.1) is 10.1 Å². The second kappa shape index (κ2) is 4.99. The minimum atomic E-state index is -0.591. The monoisotopic (exact) mass is 275 g/mol. The summed E-state index contributed by atoms with van der Waals surface area (Å²) in [6.07, 6.45) is 0.868. The first kappa shape index (κ1) is 12.3. The molecule has 2 rings (SSSR count). The van der Waals surface area contributed by atoms with Crippen LogP contribution in [-0.4, -0.2) is 30.0 Å². The summed E-state index contributed by atoms with van der Waals surface area (Å²) in [7, 11) is 0. The summed E-state index contributed by atoms with van der Waals surface area (Å²) in [5, 5.41) is 16.5. The zero-order chi connectivity index (χ0) is 12.4. The summed E-state index contributed by atoms with van der Waals surface area (Å²) in [5.41, 5.74) is -0.216. The predicted molar refractivity (Wildman–Crippen MR) is 64.7 cm³/mol. The van der Waals surface area contributed by atoms with Gasteiger partial charge in [-0.1, -0.05) is 11.6 Å². The number of nitrogens with zero attached hydrogens (tertiary/aromatic N) is 1. The molecule has 0 saturated carbocycles. The Kier molecular flexibility index (Phi) is 3.60. The van der Waals surface area contributed by atoms with Gasteiger partial charge in [-0.05, 0) is 13.0 Å². The molecule has 1 fully saturated rings. The van der Waals surface area contributed by atoms with Crippen molar-refractivity contribution in [3.63, 3.8) is 0 Å². The second-order valence-electron chi connectivity index (χ2n) is 3.69. The second-order valence-corrected chi connectivity index (χ2v) is 5.34. The summed E-state index contributed by atoms with van der Waals surface area (Å²) in [6.45, 7) is 1.60. The zero-order valence-electron chi connectivity index (χ0n) is 8.73. The van der Waals surface area contributed by atoms with Gasteiger partial charge < -0.3 is 10.6 Å². The number of carbonyl (C=O) groups is 1. The third-order valence-electron chi connectivity index (χ3n) is 2.48. The Morgan fingerprint density at radius 3 is 3.00 bits per heavy atom. The number of nitro groups is 1. The maximum absolute atomic E-state index is 11.8. The Bertz CT molecular complexity index is 456. The predicted octanol–water partition coefficient (Wildman–Crippen LogP) is 1.40. The number of hydrogen-bond acceptors (Lipinski definition) is 5. The molecular formula is C9H10ClN3O3S. The minimum Gasteiger partial charge on any atom is -0.347 e. The van der Waals surface area contributed by atoms with E-state index in [-0.39, 0.29) is 26.8 Å². The van der Waals surface area contributed by atoms with Crippen LogP contribution in [0.5, 0.6) is 0 Å². The van der Waals surface area contributed by atoms with Crippen molar-refractivity contribution in [3.8, 4) is 0 Å². The number of nitrogens with one attached hydrogen (secondary N) is 2. The first-order valence-corrected chi connectivity index (χ1v) is 6.22. The largest absolute Gasteiger partial charge is 0.347 e. The van der Waals surface area contributed by atoms with Crippen molar-refractivity contribution in [2.75, 3.05) is 13.1 Å². The summed E-state index contributed by atoms with van der Waals surface area (Å²) < 4.78 is 0.0321. The maximum Gasteiger partial charge on any atom is 0.299 e. The maximum atomic E-state index is 11.8. The molecule has 6 nitrogen and oxygen atoms in total. The van der Waals surface area contributed by atoms with E-state index >= 15 is 0 Å². The van der Waals surface area contributed by atoms with E-state index in [2.05, 4.69) is 10.6 Å². The highest BCUT2D eigenvalue weighted by atomic mass is 35.5. The van der Waals surface area contributed by atoms with Gasteiger partial charge in [-0.3, -0.25) is 14.9 Å². The molecule has 0 radical (unpaired) electrons. The van der Waals surface area contributed by atoms with E-state index in [1.54, 1.807) is 0 Å². The van der Waals surface area contributed by atoms with Gasteiger partial charge >= 0.3 is 0 Å². The molecule has 92 valence electrons. The van der Waals surface area contributed by atoms with Gasteiger partial charge in [0.05, 0.1) is 4.92 Å². The lowest BCUT2D eigenvalue weighted by molar-refractivity contribution is -0.384. The van der Waals surface area contributed by atoms with Crippen LogP contribution in [0.1, 0.15) is 16.1 Å². The molecule has 1 amide bonds. The fraction of sp³-hybridized carbons (Fsp3) is 0.444. The van der Waals surface area contributed by atoms with Crippen molar-refractivity contribution < 1.29 is 9.72 Å². The van der Waals surface area contributed by atoms with Gasteiger partial charge in [0.1, 0.15) is 4.88 Å². The number of amides is 1. The van der Waals surface area contributed by atoms with E-state index in [0.29, 0.717) is 0 Å². The molecule has 17 heavy (non-hydrogen) atoms. The van der Waals surface area contributed by atoms with Crippen molar-refractivity contribution in [3.05, 3.63) is 25.4 Å². The first-order chi connectivity index (χ1) is 8.08. The number of carbonyl (C=O) groups excluding carboxylic acids is 1. The molecule has 1 unspecified atom stereocenters. The normalized spacial score (nSPS) is 19.2. The van der Waals surface area contributed by atoms with E-state index in [1.807, 2.05) is 0 Å². The first-order valence-electron chi connectivity index (χ1n) is 5.03. The third kappa shape index (κ3) is 2.74. The molecule has 2 N–H and O–H groups in total. The van der Waals surface area contributed by atoms with Crippen LogP contribution in [0.15, 0.2) is 6.07 Å². The lowest BCUT2D eigenvalue weighted by Gasteiger charge is -2.09. The Hall–Kier alpha value is -1.18. The fourth-order valence-corrected chi connectivity index (χ4v) is 2.76. The number of rotatable bonds is 3. The number of halogens is 1. The molecule has 0 spiro atoms. The summed E-state index contributed by atoms with van der Waals surface area (Å²) in [6, 6.07) is 1.30. The molecule has 1 saturated heterocycles. The van der Waals surface area contributed by atoms with Crippen LogP contribution in [0.3, 0.4) is 0 Å². The molecule has 8 heteroatoms. The van der Waals surface area contributed by atoms with Gasteiger partial charge in [0.15, 0.2) is 4.34 Å². The van der Waals surface area contributed by atoms with Crippen LogP contribution in [0.4, 0.5) is 5.69 Å². The average molecular weight is 276 g/mol. The molecule has 1 aliphatic rings. The van der Waals surface area contributed by atoms with Crippen LogP contribution >= 0.6 is 22.9 Å². The van der Waals surface area contributed by atoms with E-state index in [9.17, 15) is 14.9 Å². The molecule has 1 aromatic rings. The van der Waals surface area contributed by atoms with Gasteiger partial charge in [-0.15, -0.1) is 11.3 Å². The Morgan fingerprint density at radius 2 is 2.47 bits per heavy atom. The molecule has 1 aliphatic heterocycles. The van der Waals surface area contributed by atoms with Gasteiger partial charge in [0.25, 0.3) is 11.6 Å². The average Bonchev–Trinajstić information content (AvgIpc) is 2.86. The molecule has 2 heterocycles. The van der Waals surface area contributed by atoms with E-state index in [4.69, 9.17) is 11.6 Å². The topological polar surface area (TPSA) is 84.3 Å². The van der Waals surface area contributed by atoms with E-state index in [0.717, 1.165) is 30.8 Å². The van der Waals surface area contributed by atoms with Gasteiger partial charge in [0.2, 0.25) is 0 Å². The van der Waals surface area contributed by atoms with Crippen LogP contribution in [-0.2, 0) is 0 Å². The summed E-state index contributed by atoms with van der Waals surface area (Å²) >= 11 is 6.61. The highest BCUT2D eigenvalue weighted by Gasteiger charge is 2.23. The van der Waals surface area contributed by atoms with Crippen LogP contribution in [0.25, 0.3) is 0 Å². The molecule has 1 aromatic heterocycles. The van der Waals surface area contributed by atoms with Gasteiger partial charge in [-0.25, -0.2) is 0 Å². The van der Waals surface area contributed by atoms with E-state index in [1.165, 1.54) is 6.07 Å². The molecule has 1 atom stereocenters. The zero-order valence-corrected chi connectivity index (χ0v) is 10.3. The Morgan fingerprint density at radius 1 is 1.71 bits per heavy atom. The van der Waals surface area contributed by atoms with Crippen molar-refractivity contribution in [2.24, 2.45) is 0 Å². The SMILES string of the molecule is O=C(NC1CCNC1)c1cc([N+](=O)[O-])c(Cl)s1. The molecule has 0 bridgehead atoms. The third-order valence-corrected chi connectivity index (χ3v) is 3.82. The van der Waals surface area contributed by atoms with Gasteiger partial charge in [-0.2, -0.15) is 0 Å². The highest BCUT2D eigenvalue weighted by Crippen LogP contribution is 2.33. The quantitative estimate of drug-likeness (QED) is 0.645. The smallest absolute Gasteiger partial charge is 0.299 e. The Labute approximate surface area is 106 Å². The standard InChI is InChI=1S/C9H10ClN3O3S/c10-8-6(13(15)16)3-7(17-8)9(14)12-5-1-2-11-4-5/h3,5,11H,1-2,4H2,(H,12,14). The van der Waals surface area contributed by atoms with Crippen LogP contribution in [0.2, 0.25) is 4.34 Å². The molecular weight excluding hydrogens is 266 g/mol. The number of hydrogen-bond donors (Lipinski definition) is 2. The van der Waals surface area contributed by atoms with E-state index < -0.39 is 4.92 Å². The Balaban J connectivity index is 2.08. The molecule has 0 aliphatic carbocycles. The number of thiophene rings is 1. The summed E-state index contributed by atoms with van der Waals surface area (Å²) in [4.78, 5) is 22.0. The van der Waals surface area contributed by atoms with Crippen molar-refractivity contribution in [1.29, 1.82) is 0 Å². The summed E-state index contributed by atoms with van der Waals surface area (Å²) in [5.74, 6) is -0.307. The fourth-order valence-electron chi connectivity index (χ4n) is 1.63. The van der Waals surface area contributed by atoms with Crippen molar-refractivity contribution in [1.82, 2.24) is 10.6 Å².